The SMILES string of the molecule is Cc1cc(/C=N/NC(=O)c2cc3ccccc3o2)c(C)n1-c1ccc(Oc2ccc([N+](=O)[O-])cc2[N+](=O)[O-])cc1. The van der Waals surface area contributed by atoms with Gasteiger partial charge in [-0.05, 0) is 62.4 Å². The number of amides is 1. The summed E-state index contributed by atoms with van der Waals surface area (Å²) < 4.78 is 13.2. The number of nitro benzene ring substituents is 2. The van der Waals surface area contributed by atoms with Gasteiger partial charge in [0.25, 0.3) is 5.69 Å². The van der Waals surface area contributed by atoms with E-state index in [0.717, 1.165) is 40.2 Å². The molecule has 0 bridgehead atoms. The summed E-state index contributed by atoms with van der Waals surface area (Å²) >= 11 is 0. The zero-order valence-corrected chi connectivity index (χ0v) is 21.2. The Bertz CT molecular complexity index is 1770. The summed E-state index contributed by atoms with van der Waals surface area (Å²) in [5.41, 5.74) is 5.53. The van der Waals surface area contributed by atoms with Gasteiger partial charge < -0.3 is 13.7 Å². The van der Waals surface area contributed by atoms with Crippen LogP contribution < -0.4 is 10.2 Å². The summed E-state index contributed by atoms with van der Waals surface area (Å²) in [5.74, 6) is -0.103. The molecule has 12 nitrogen and oxygen atoms in total. The first-order valence-electron chi connectivity index (χ1n) is 11.9. The van der Waals surface area contributed by atoms with E-state index in [-0.39, 0.29) is 11.5 Å². The van der Waals surface area contributed by atoms with Crippen LogP contribution in [0.3, 0.4) is 0 Å². The van der Waals surface area contributed by atoms with Crippen LogP contribution >= 0.6 is 0 Å². The van der Waals surface area contributed by atoms with E-state index < -0.39 is 27.1 Å². The van der Waals surface area contributed by atoms with Crippen molar-refractivity contribution < 1.29 is 23.8 Å². The minimum atomic E-state index is -0.731. The highest BCUT2D eigenvalue weighted by Crippen LogP contribution is 2.35. The molecule has 1 N–H and O–H groups in total. The van der Waals surface area contributed by atoms with Crippen LogP contribution in [0.15, 0.2) is 88.4 Å². The molecule has 0 saturated carbocycles. The van der Waals surface area contributed by atoms with E-state index in [0.29, 0.717) is 11.3 Å². The molecule has 2 heterocycles. The molecule has 0 radical (unpaired) electrons. The molecule has 40 heavy (non-hydrogen) atoms. The standard InChI is InChI=1S/C28H21N5O7/c1-17-13-20(16-29-30-28(34)27-14-19-5-3-4-6-25(19)40-27)18(2)31(17)21-7-10-23(11-8-21)39-26-12-9-22(32(35)36)15-24(26)33(37)38/h3-16H,1-2H3,(H,30,34)/b29-16+. The van der Waals surface area contributed by atoms with Crippen LogP contribution in [0.4, 0.5) is 11.4 Å². The van der Waals surface area contributed by atoms with E-state index in [4.69, 9.17) is 9.15 Å². The molecule has 0 spiro atoms. The van der Waals surface area contributed by atoms with Gasteiger partial charge in [-0.2, -0.15) is 5.10 Å². The van der Waals surface area contributed by atoms with Crippen LogP contribution in [-0.2, 0) is 0 Å². The second-order valence-electron chi connectivity index (χ2n) is 8.77. The third kappa shape index (κ3) is 5.13. The fourth-order valence-electron chi connectivity index (χ4n) is 4.26. The van der Waals surface area contributed by atoms with Gasteiger partial charge in [-0.3, -0.25) is 25.0 Å². The van der Waals surface area contributed by atoms with Crippen LogP contribution in [0.5, 0.6) is 11.5 Å². The van der Waals surface area contributed by atoms with E-state index in [2.05, 4.69) is 10.5 Å². The average molecular weight is 540 g/mol. The number of hydrogen-bond donors (Lipinski definition) is 1. The predicted molar refractivity (Wildman–Crippen MR) is 146 cm³/mol. The van der Waals surface area contributed by atoms with Crippen molar-refractivity contribution in [2.75, 3.05) is 0 Å². The van der Waals surface area contributed by atoms with Gasteiger partial charge in [-0.25, -0.2) is 5.43 Å². The Kier molecular flexibility index (Phi) is 6.81. The molecule has 0 saturated heterocycles. The number of nitrogens with zero attached hydrogens (tertiary/aromatic N) is 4. The summed E-state index contributed by atoms with van der Waals surface area (Å²) in [6.45, 7) is 3.82. The quantitative estimate of drug-likeness (QED) is 0.139. The molecule has 0 aliphatic rings. The molecular formula is C28H21N5O7. The Hall–Kier alpha value is -5.78. The number of aryl methyl sites for hydroxylation is 1. The highest BCUT2D eigenvalue weighted by atomic mass is 16.6. The summed E-state index contributed by atoms with van der Waals surface area (Å²) in [6.07, 6.45) is 1.55. The van der Waals surface area contributed by atoms with Crippen molar-refractivity contribution in [2.45, 2.75) is 13.8 Å². The van der Waals surface area contributed by atoms with E-state index in [1.807, 2.05) is 42.7 Å². The number of carbonyl (C=O) groups excluding carboxylic acids is 1. The van der Waals surface area contributed by atoms with Gasteiger partial charge in [0.2, 0.25) is 5.75 Å². The molecule has 200 valence electrons. The number of ether oxygens (including phenoxy) is 1. The van der Waals surface area contributed by atoms with Crippen molar-refractivity contribution in [1.29, 1.82) is 0 Å². The lowest BCUT2D eigenvalue weighted by molar-refractivity contribution is -0.394. The number of nitro groups is 2. The summed E-state index contributed by atoms with van der Waals surface area (Å²) in [7, 11) is 0. The van der Waals surface area contributed by atoms with E-state index >= 15 is 0 Å². The number of non-ortho nitro benzene ring substituents is 1. The number of fused-ring (bicyclic) bond motifs is 1. The van der Waals surface area contributed by atoms with E-state index in [9.17, 15) is 25.0 Å². The Labute approximate surface area is 226 Å². The first-order chi connectivity index (χ1) is 19.2. The second kappa shape index (κ2) is 10.5. The fraction of sp³-hybridized carbons (Fsp3) is 0.0714. The zero-order chi connectivity index (χ0) is 28.4. The van der Waals surface area contributed by atoms with Crippen LogP contribution in [0.1, 0.15) is 27.5 Å². The third-order valence-corrected chi connectivity index (χ3v) is 6.16. The highest BCUT2D eigenvalue weighted by Gasteiger charge is 2.21. The Morgan fingerprint density at radius 1 is 0.975 bits per heavy atom. The van der Waals surface area contributed by atoms with Gasteiger partial charge in [0.15, 0.2) is 5.76 Å². The van der Waals surface area contributed by atoms with Crippen LogP contribution in [-0.4, -0.2) is 26.5 Å². The van der Waals surface area contributed by atoms with Gasteiger partial charge in [0.1, 0.15) is 11.3 Å². The van der Waals surface area contributed by atoms with E-state index in [1.54, 1.807) is 42.6 Å². The number of para-hydroxylation sites is 1. The molecule has 2 aromatic heterocycles. The van der Waals surface area contributed by atoms with Gasteiger partial charge in [0, 0.05) is 34.1 Å². The van der Waals surface area contributed by atoms with Crippen molar-refractivity contribution in [3.8, 4) is 17.2 Å². The maximum Gasteiger partial charge on any atom is 0.318 e. The Morgan fingerprint density at radius 2 is 1.73 bits per heavy atom. The number of furan rings is 1. The molecule has 5 rings (SSSR count). The Balaban J connectivity index is 1.30. The number of carbonyl (C=O) groups is 1. The van der Waals surface area contributed by atoms with Crippen molar-refractivity contribution in [3.63, 3.8) is 0 Å². The number of nitrogens with one attached hydrogen (secondary N) is 1. The van der Waals surface area contributed by atoms with Gasteiger partial charge in [-0.15, -0.1) is 0 Å². The van der Waals surface area contributed by atoms with Crippen LogP contribution in [0, 0.1) is 34.1 Å². The zero-order valence-electron chi connectivity index (χ0n) is 21.2. The molecule has 12 heteroatoms. The number of aromatic nitrogens is 1. The van der Waals surface area contributed by atoms with Crippen LogP contribution in [0.25, 0.3) is 16.7 Å². The molecular weight excluding hydrogens is 518 g/mol. The number of rotatable bonds is 8. The molecule has 5 aromatic rings. The minimum absolute atomic E-state index is 0.111. The lowest BCUT2D eigenvalue weighted by atomic mass is 10.2. The molecule has 1 amide bonds. The number of benzene rings is 3. The van der Waals surface area contributed by atoms with E-state index in [1.165, 1.54) is 6.07 Å². The maximum absolute atomic E-state index is 12.4. The lowest BCUT2D eigenvalue weighted by Gasteiger charge is -2.11. The largest absolute Gasteiger partial charge is 0.451 e. The summed E-state index contributed by atoms with van der Waals surface area (Å²) in [5, 5.41) is 27.3. The Morgan fingerprint density at radius 3 is 2.42 bits per heavy atom. The number of hydrogen-bond acceptors (Lipinski definition) is 8. The van der Waals surface area contributed by atoms with Gasteiger partial charge in [0.05, 0.1) is 22.1 Å². The monoisotopic (exact) mass is 539 g/mol. The minimum Gasteiger partial charge on any atom is -0.451 e. The van der Waals surface area contributed by atoms with Crippen molar-refractivity contribution in [2.24, 2.45) is 5.10 Å². The second-order valence-corrected chi connectivity index (χ2v) is 8.77. The molecule has 0 fully saturated rings. The van der Waals surface area contributed by atoms with Crippen LogP contribution in [0.2, 0.25) is 0 Å². The number of hydrazone groups is 1. The topological polar surface area (TPSA) is 155 Å². The lowest BCUT2D eigenvalue weighted by Crippen LogP contribution is -2.16. The molecule has 3 aromatic carbocycles. The first kappa shape index (κ1) is 25.9. The highest BCUT2D eigenvalue weighted by molar-refractivity contribution is 5.96. The van der Waals surface area contributed by atoms with Gasteiger partial charge >= 0.3 is 11.6 Å². The summed E-state index contributed by atoms with van der Waals surface area (Å²) in [4.78, 5) is 33.4. The molecule has 0 atom stereocenters. The van der Waals surface area contributed by atoms with Crippen molar-refractivity contribution >= 4 is 34.5 Å². The summed E-state index contributed by atoms with van der Waals surface area (Å²) in [6, 6.07) is 20.9. The maximum atomic E-state index is 12.4. The first-order valence-corrected chi connectivity index (χ1v) is 11.9. The molecule has 0 aliphatic carbocycles. The fourth-order valence-corrected chi connectivity index (χ4v) is 4.26. The predicted octanol–water partition coefficient (Wildman–Crippen LogP) is 6.21. The third-order valence-electron chi connectivity index (χ3n) is 6.16. The molecule has 0 aliphatic heterocycles. The molecule has 0 unspecified atom stereocenters. The van der Waals surface area contributed by atoms with Crippen molar-refractivity contribution in [3.05, 3.63) is 122 Å². The average Bonchev–Trinajstić information content (AvgIpc) is 3.49. The van der Waals surface area contributed by atoms with Gasteiger partial charge in [-0.1, -0.05) is 18.2 Å². The normalized spacial score (nSPS) is 11.2. The van der Waals surface area contributed by atoms with Crippen molar-refractivity contribution in [1.82, 2.24) is 9.99 Å². The smallest absolute Gasteiger partial charge is 0.318 e.